The van der Waals surface area contributed by atoms with Gasteiger partial charge < -0.3 is 19.7 Å². The number of carbonyl (C=O) groups excluding carboxylic acids is 2. The van der Waals surface area contributed by atoms with Gasteiger partial charge in [-0.2, -0.15) is 0 Å². The number of rotatable bonds is 3. The molecule has 0 aliphatic carbocycles. The van der Waals surface area contributed by atoms with Gasteiger partial charge in [0.15, 0.2) is 11.5 Å². The van der Waals surface area contributed by atoms with Crippen LogP contribution in [0.4, 0.5) is 5.13 Å². The Balaban J connectivity index is 1.63. The van der Waals surface area contributed by atoms with Gasteiger partial charge in [0.1, 0.15) is 5.51 Å². The van der Waals surface area contributed by atoms with E-state index in [-0.39, 0.29) is 31.1 Å². The number of likely N-dealkylation sites (tertiary alicyclic amines) is 1. The standard InChI is InChI=1S/C15H14N4O4S/c1-19-12(20)5-9(14(21)17-15-18-16-6-24-15)13(19)8-2-3-10-11(4-8)23-7-22-10/h2-4,6,9,13H,5,7H2,1H3,(H,17,18,21)/t9-,13+/m1/s1. The molecule has 4 rings (SSSR count). The second kappa shape index (κ2) is 5.75. The summed E-state index contributed by atoms with van der Waals surface area (Å²) in [5.41, 5.74) is 2.38. The topological polar surface area (TPSA) is 93.7 Å². The zero-order chi connectivity index (χ0) is 16.7. The van der Waals surface area contributed by atoms with E-state index in [0.717, 1.165) is 5.56 Å². The molecule has 0 saturated carbocycles. The molecule has 0 unspecified atom stereocenters. The van der Waals surface area contributed by atoms with Crippen LogP contribution >= 0.6 is 11.3 Å². The fourth-order valence-corrected chi connectivity index (χ4v) is 3.53. The van der Waals surface area contributed by atoms with Crippen LogP contribution in [0.15, 0.2) is 23.7 Å². The molecular weight excluding hydrogens is 332 g/mol. The van der Waals surface area contributed by atoms with Crippen LogP contribution in [-0.4, -0.2) is 40.8 Å². The molecule has 2 aliphatic rings. The number of ether oxygens (including phenoxy) is 2. The largest absolute Gasteiger partial charge is 0.454 e. The minimum atomic E-state index is -0.508. The molecule has 1 saturated heterocycles. The van der Waals surface area contributed by atoms with Crippen LogP contribution in [0.3, 0.4) is 0 Å². The maximum atomic E-state index is 12.6. The number of amides is 2. The van der Waals surface area contributed by atoms with E-state index >= 15 is 0 Å². The van der Waals surface area contributed by atoms with Crippen LogP contribution in [0.2, 0.25) is 0 Å². The number of fused-ring (bicyclic) bond motifs is 1. The SMILES string of the molecule is CN1C(=O)C[C@@H](C(=O)Nc2nncs2)[C@@H]1c1ccc2c(c1)OCO2. The number of benzene rings is 1. The molecule has 2 atom stereocenters. The molecule has 0 radical (unpaired) electrons. The third-order valence-electron chi connectivity index (χ3n) is 4.25. The molecule has 1 aromatic carbocycles. The van der Waals surface area contributed by atoms with E-state index in [9.17, 15) is 9.59 Å². The molecule has 1 aromatic heterocycles. The summed E-state index contributed by atoms with van der Waals surface area (Å²) < 4.78 is 10.7. The van der Waals surface area contributed by atoms with Gasteiger partial charge in [-0.25, -0.2) is 0 Å². The number of carbonyl (C=O) groups is 2. The minimum Gasteiger partial charge on any atom is -0.454 e. The van der Waals surface area contributed by atoms with Crippen LogP contribution in [0, 0.1) is 5.92 Å². The van der Waals surface area contributed by atoms with Crippen molar-refractivity contribution in [3.63, 3.8) is 0 Å². The summed E-state index contributed by atoms with van der Waals surface area (Å²) in [6, 6.07) is 5.12. The molecule has 2 amide bonds. The van der Waals surface area contributed by atoms with E-state index in [4.69, 9.17) is 9.47 Å². The first-order chi connectivity index (χ1) is 11.6. The zero-order valence-corrected chi connectivity index (χ0v) is 13.6. The maximum Gasteiger partial charge on any atom is 0.232 e. The monoisotopic (exact) mass is 346 g/mol. The molecular formula is C15H14N4O4S. The van der Waals surface area contributed by atoms with E-state index in [1.54, 1.807) is 18.0 Å². The summed E-state index contributed by atoms with van der Waals surface area (Å²) in [5, 5.41) is 10.7. The van der Waals surface area contributed by atoms with Gasteiger partial charge in [0, 0.05) is 13.5 Å². The van der Waals surface area contributed by atoms with Gasteiger partial charge in [0.2, 0.25) is 23.7 Å². The minimum absolute atomic E-state index is 0.0740. The van der Waals surface area contributed by atoms with Gasteiger partial charge in [-0.05, 0) is 17.7 Å². The van der Waals surface area contributed by atoms with E-state index in [1.165, 1.54) is 16.8 Å². The lowest BCUT2D eigenvalue weighted by atomic mass is 9.92. The van der Waals surface area contributed by atoms with Crippen molar-refractivity contribution in [1.82, 2.24) is 15.1 Å². The van der Waals surface area contributed by atoms with Crippen molar-refractivity contribution in [2.24, 2.45) is 5.92 Å². The molecule has 124 valence electrons. The fraction of sp³-hybridized carbons (Fsp3) is 0.333. The molecule has 24 heavy (non-hydrogen) atoms. The van der Waals surface area contributed by atoms with Gasteiger partial charge >= 0.3 is 0 Å². The second-order valence-electron chi connectivity index (χ2n) is 5.61. The lowest BCUT2D eigenvalue weighted by Crippen LogP contribution is -2.30. The molecule has 3 heterocycles. The van der Waals surface area contributed by atoms with Crippen molar-refractivity contribution >= 4 is 28.3 Å². The van der Waals surface area contributed by atoms with Gasteiger partial charge in [-0.3, -0.25) is 9.59 Å². The Morgan fingerprint density at radius 3 is 3.00 bits per heavy atom. The van der Waals surface area contributed by atoms with Crippen LogP contribution in [0.25, 0.3) is 0 Å². The summed E-state index contributed by atoms with van der Waals surface area (Å²) in [5.74, 6) is 0.470. The number of aromatic nitrogens is 2. The Bertz CT molecular complexity index is 795. The van der Waals surface area contributed by atoms with Crippen molar-refractivity contribution in [2.75, 3.05) is 19.2 Å². The molecule has 1 N–H and O–H groups in total. The first-order valence-corrected chi connectivity index (χ1v) is 8.23. The number of hydrogen-bond acceptors (Lipinski definition) is 7. The maximum absolute atomic E-state index is 12.6. The van der Waals surface area contributed by atoms with Gasteiger partial charge in [0.05, 0.1) is 12.0 Å². The Kier molecular flexibility index (Phi) is 3.57. The quantitative estimate of drug-likeness (QED) is 0.903. The highest BCUT2D eigenvalue weighted by molar-refractivity contribution is 7.13. The average Bonchev–Trinajstić information content (AvgIpc) is 3.28. The summed E-state index contributed by atoms with van der Waals surface area (Å²) >= 11 is 1.24. The van der Waals surface area contributed by atoms with E-state index in [0.29, 0.717) is 16.6 Å². The Morgan fingerprint density at radius 2 is 2.21 bits per heavy atom. The smallest absolute Gasteiger partial charge is 0.232 e. The van der Waals surface area contributed by atoms with Crippen LogP contribution in [0.5, 0.6) is 11.5 Å². The molecule has 2 aromatic rings. The van der Waals surface area contributed by atoms with Gasteiger partial charge in [-0.1, -0.05) is 17.4 Å². The first-order valence-electron chi connectivity index (χ1n) is 7.36. The second-order valence-corrected chi connectivity index (χ2v) is 6.44. The van der Waals surface area contributed by atoms with Crippen LogP contribution in [-0.2, 0) is 9.59 Å². The van der Waals surface area contributed by atoms with Gasteiger partial charge in [0.25, 0.3) is 0 Å². The Labute approximate surface area is 141 Å². The lowest BCUT2D eigenvalue weighted by Gasteiger charge is -2.24. The Hall–Kier alpha value is -2.68. The van der Waals surface area contributed by atoms with E-state index in [2.05, 4.69) is 15.5 Å². The van der Waals surface area contributed by atoms with Crippen molar-refractivity contribution < 1.29 is 19.1 Å². The molecule has 0 spiro atoms. The zero-order valence-electron chi connectivity index (χ0n) is 12.8. The summed E-state index contributed by atoms with van der Waals surface area (Å²) in [4.78, 5) is 26.4. The fourth-order valence-electron chi connectivity index (χ4n) is 3.08. The summed E-state index contributed by atoms with van der Waals surface area (Å²) in [6.45, 7) is 0.180. The van der Waals surface area contributed by atoms with Crippen LogP contribution < -0.4 is 14.8 Å². The molecule has 9 heteroatoms. The third kappa shape index (κ3) is 2.46. The predicted molar refractivity (Wildman–Crippen MR) is 84.7 cm³/mol. The molecule has 2 aliphatic heterocycles. The molecule has 1 fully saturated rings. The highest BCUT2D eigenvalue weighted by Crippen LogP contribution is 2.41. The van der Waals surface area contributed by atoms with E-state index < -0.39 is 5.92 Å². The third-order valence-corrected chi connectivity index (χ3v) is 4.86. The normalized spacial score (nSPS) is 22.0. The number of hydrogen-bond donors (Lipinski definition) is 1. The van der Waals surface area contributed by atoms with Crippen LogP contribution in [0.1, 0.15) is 18.0 Å². The molecule has 0 bridgehead atoms. The number of nitrogens with one attached hydrogen (secondary N) is 1. The first kappa shape index (κ1) is 14.9. The van der Waals surface area contributed by atoms with Crippen molar-refractivity contribution in [1.29, 1.82) is 0 Å². The average molecular weight is 346 g/mol. The lowest BCUT2D eigenvalue weighted by molar-refractivity contribution is -0.127. The summed E-state index contributed by atoms with van der Waals surface area (Å²) in [6.07, 6.45) is 0.153. The van der Waals surface area contributed by atoms with Crippen molar-refractivity contribution in [3.8, 4) is 11.5 Å². The summed E-state index contributed by atoms with van der Waals surface area (Å²) in [7, 11) is 1.70. The van der Waals surface area contributed by atoms with Gasteiger partial charge in [-0.15, -0.1) is 10.2 Å². The highest BCUT2D eigenvalue weighted by Gasteiger charge is 2.43. The van der Waals surface area contributed by atoms with E-state index in [1.807, 2.05) is 12.1 Å². The predicted octanol–water partition coefficient (Wildman–Crippen LogP) is 1.42. The number of anilines is 1. The molecule has 8 nitrogen and oxygen atoms in total. The highest BCUT2D eigenvalue weighted by atomic mass is 32.1. The number of nitrogens with zero attached hydrogens (tertiary/aromatic N) is 3. The van der Waals surface area contributed by atoms with Crippen molar-refractivity contribution in [3.05, 3.63) is 29.3 Å². The van der Waals surface area contributed by atoms with Crippen molar-refractivity contribution in [2.45, 2.75) is 12.5 Å². The Morgan fingerprint density at radius 1 is 1.38 bits per heavy atom.